The monoisotopic (exact) mass is 347 g/mol. The zero-order chi connectivity index (χ0) is 16.6. The Bertz CT molecular complexity index is 887. The summed E-state index contributed by atoms with van der Waals surface area (Å²) in [6.45, 7) is 0.469. The predicted octanol–water partition coefficient (Wildman–Crippen LogP) is 4.09. The number of amides is 1. The molecule has 0 bridgehead atoms. The molecule has 0 aliphatic rings. The van der Waals surface area contributed by atoms with E-state index in [2.05, 4.69) is 5.10 Å². The van der Waals surface area contributed by atoms with Gasteiger partial charge in [0, 0.05) is 29.5 Å². The lowest BCUT2D eigenvalue weighted by Crippen LogP contribution is -2.22. The van der Waals surface area contributed by atoms with Gasteiger partial charge in [-0.2, -0.15) is 5.10 Å². The van der Waals surface area contributed by atoms with Gasteiger partial charge in [-0.15, -0.1) is 0 Å². The summed E-state index contributed by atoms with van der Waals surface area (Å²) in [5, 5.41) is 6.50. The number of nitrogens with zero attached hydrogens (tertiary/aromatic N) is 3. The van der Waals surface area contributed by atoms with Crippen molar-refractivity contribution >= 4 is 40.0 Å². The number of rotatable bonds is 3. The van der Waals surface area contributed by atoms with Crippen molar-refractivity contribution in [1.82, 2.24) is 14.7 Å². The second-order valence-electron chi connectivity index (χ2n) is 5.46. The molecule has 0 spiro atoms. The van der Waals surface area contributed by atoms with Crippen LogP contribution in [0, 0.1) is 0 Å². The molecular formula is C17H15Cl2N3O. The van der Waals surface area contributed by atoms with Gasteiger partial charge in [-0.1, -0.05) is 47.5 Å². The van der Waals surface area contributed by atoms with Crippen molar-refractivity contribution in [2.45, 2.75) is 6.54 Å². The van der Waals surface area contributed by atoms with Crippen LogP contribution in [0.25, 0.3) is 10.9 Å². The highest BCUT2D eigenvalue weighted by atomic mass is 35.5. The molecule has 0 aliphatic carbocycles. The molecule has 0 radical (unpaired) electrons. The largest absolute Gasteiger partial charge is 0.343 e. The summed E-state index contributed by atoms with van der Waals surface area (Å²) in [5.41, 5.74) is 2.23. The number of carbonyl (C=O) groups excluding carboxylic acids is 1. The lowest BCUT2D eigenvalue weighted by atomic mass is 10.2. The lowest BCUT2D eigenvalue weighted by molar-refractivity contribution is 0.0823. The summed E-state index contributed by atoms with van der Waals surface area (Å²) in [4.78, 5) is 13.9. The molecular weight excluding hydrogens is 333 g/mol. The predicted molar refractivity (Wildman–Crippen MR) is 93.3 cm³/mol. The second kappa shape index (κ2) is 6.22. The maximum Gasteiger partial charge on any atom is 0.274 e. The van der Waals surface area contributed by atoms with Gasteiger partial charge >= 0.3 is 0 Å². The Hall–Kier alpha value is -2.04. The number of halogens is 2. The average Bonchev–Trinajstić information content (AvgIpc) is 2.88. The van der Waals surface area contributed by atoms with Gasteiger partial charge < -0.3 is 4.90 Å². The molecule has 0 atom stereocenters. The van der Waals surface area contributed by atoms with E-state index in [9.17, 15) is 4.79 Å². The fraction of sp³-hybridized carbons (Fsp3) is 0.176. The van der Waals surface area contributed by atoms with E-state index in [1.54, 1.807) is 30.9 Å². The highest BCUT2D eigenvalue weighted by Crippen LogP contribution is 2.25. The molecule has 3 rings (SSSR count). The van der Waals surface area contributed by atoms with E-state index >= 15 is 0 Å². The van der Waals surface area contributed by atoms with Crippen molar-refractivity contribution in [3.05, 3.63) is 63.8 Å². The first kappa shape index (κ1) is 15.8. The first-order valence-corrected chi connectivity index (χ1v) is 7.84. The Kier molecular flexibility index (Phi) is 4.28. The van der Waals surface area contributed by atoms with Crippen LogP contribution in [-0.2, 0) is 6.54 Å². The average molecular weight is 348 g/mol. The van der Waals surface area contributed by atoms with Crippen molar-refractivity contribution in [1.29, 1.82) is 0 Å². The first-order valence-electron chi connectivity index (χ1n) is 7.08. The number of hydrogen-bond acceptors (Lipinski definition) is 2. The Morgan fingerprint density at radius 1 is 1.17 bits per heavy atom. The molecule has 0 aliphatic heterocycles. The minimum absolute atomic E-state index is 0.123. The number of benzene rings is 2. The van der Waals surface area contributed by atoms with Crippen LogP contribution in [0.1, 0.15) is 16.1 Å². The maximum atomic E-state index is 12.3. The van der Waals surface area contributed by atoms with Crippen LogP contribution in [0.4, 0.5) is 0 Å². The molecule has 2 aromatic carbocycles. The van der Waals surface area contributed by atoms with Crippen LogP contribution in [0.5, 0.6) is 0 Å². The van der Waals surface area contributed by atoms with Crippen molar-refractivity contribution in [2.75, 3.05) is 14.1 Å². The standard InChI is InChI=1S/C17H15Cl2N3O/c1-21(2)17(23)16-13-5-3-4-6-15(13)22(20-16)10-11-7-8-12(18)9-14(11)19/h3-9H,10H2,1-2H3. The summed E-state index contributed by atoms with van der Waals surface area (Å²) in [6.07, 6.45) is 0. The number of para-hydroxylation sites is 1. The minimum atomic E-state index is -0.123. The Morgan fingerprint density at radius 2 is 1.91 bits per heavy atom. The molecule has 118 valence electrons. The lowest BCUT2D eigenvalue weighted by Gasteiger charge is -2.08. The zero-order valence-corrected chi connectivity index (χ0v) is 14.3. The van der Waals surface area contributed by atoms with Gasteiger partial charge in [0.05, 0.1) is 12.1 Å². The molecule has 0 saturated heterocycles. The molecule has 3 aromatic rings. The SMILES string of the molecule is CN(C)C(=O)c1nn(Cc2ccc(Cl)cc2Cl)c2ccccc12. The van der Waals surface area contributed by atoms with Crippen LogP contribution in [-0.4, -0.2) is 34.7 Å². The normalized spacial score (nSPS) is 11.0. The van der Waals surface area contributed by atoms with Crippen molar-refractivity contribution in [3.8, 4) is 0 Å². The summed E-state index contributed by atoms with van der Waals surface area (Å²) < 4.78 is 1.79. The topological polar surface area (TPSA) is 38.1 Å². The van der Waals surface area contributed by atoms with Crippen molar-refractivity contribution < 1.29 is 4.79 Å². The quantitative estimate of drug-likeness (QED) is 0.715. The molecule has 0 saturated carbocycles. The molecule has 4 nitrogen and oxygen atoms in total. The fourth-order valence-corrected chi connectivity index (χ4v) is 2.90. The molecule has 1 aromatic heterocycles. The van der Waals surface area contributed by atoms with Crippen LogP contribution in [0.3, 0.4) is 0 Å². The highest BCUT2D eigenvalue weighted by Gasteiger charge is 2.18. The van der Waals surface area contributed by atoms with E-state index in [0.29, 0.717) is 22.3 Å². The highest BCUT2D eigenvalue weighted by molar-refractivity contribution is 6.35. The van der Waals surface area contributed by atoms with E-state index in [1.807, 2.05) is 30.3 Å². The smallest absolute Gasteiger partial charge is 0.274 e. The van der Waals surface area contributed by atoms with Gasteiger partial charge in [-0.3, -0.25) is 9.48 Å². The van der Waals surface area contributed by atoms with Gasteiger partial charge in [-0.05, 0) is 23.8 Å². The molecule has 0 unspecified atom stereocenters. The van der Waals surface area contributed by atoms with Gasteiger partial charge in [-0.25, -0.2) is 0 Å². The van der Waals surface area contributed by atoms with Crippen molar-refractivity contribution in [3.63, 3.8) is 0 Å². The van der Waals surface area contributed by atoms with Crippen LogP contribution < -0.4 is 0 Å². The number of aromatic nitrogens is 2. The summed E-state index contributed by atoms with van der Waals surface area (Å²) in [5.74, 6) is -0.123. The van der Waals surface area contributed by atoms with Crippen LogP contribution >= 0.6 is 23.2 Å². The zero-order valence-electron chi connectivity index (χ0n) is 12.8. The number of carbonyl (C=O) groups is 1. The van der Waals surface area contributed by atoms with E-state index in [-0.39, 0.29) is 5.91 Å². The minimum Gasteiger partial charge on any atom is -0.343 e. The third-order valence-corrected chi connectivity index (χ3v) is 4.19. The molecule has 1 amide bonds. The Morgan fingerprint density at radius 3 is 2.61 bits per heavy atom. The second-order valence-corrected chi connectivity index (χ2v) is 6.30. The molecule has 0 N–H and O–H groups in total. The van der Waals surface area contributed by atoms with Gasteiger partial charge in [0.1, 0.15) is 0 Å². The summed E-state index contributed by atoms with van der Waals surface area (Å²) >= 11 is 12.2. The number of fused-ring (bicyclic) bond motifs is 1. The third kappa shape index (κ3) is 3.05. The summed E-state index contributed by atoms with van der Waals surface area (Å²) in [6, 6.07) is 13.0. The van der Waals surface area contributed by atoms with Gasteiger partial charge in [0.25, 0.3) is 5.91 Å². The van der Waals surface area contributed by atoms with Gasteiger partial charge in [0.15, 0.2) is 5.69 Å². The Labute approximate surface area is 144 Å². The summed E-state index contributed by atoms with van der Waals surface area (Å²) in [7, 11) is 3.43. The molecule has 1 heterocycles. The van der Waals surface area contributed by atoms with Crippen LogP contribution in [0.15, 0.2) is 42.5 Å². The van der Waals surface area contributed by atoms with E-state index in [4.69, 9.17) is 23.2 Å². The van der Waals surface area contributed by atoms with E-state index in [0.717, 1.165) is 16.5 Å². The first-order chi connectivity index (χ1) is 11.0. The fourth-order valence-electron chi connectivity index (χ4n) is 2.43. The molecule has 6 heteroatoms. The molecule has 23 heavy (non-hydrogen) atoms. The van der Waals surface area contributed by atoms with Gasteiger partial charge in [0.2, 0.25) is 0 Å². The van der Waals surface area contributed by atoms with Crippen molar-refractivity contribution in [2.24, 2.45) is 0 Å². The Balaban J connectivity index is 2.09. The van der Waals surface area contributed by atoms with E-state index < -0.39 is 0 Å². The third-order valence-electron chi connectivity index (χ3n) is 3.60. The van der Waals surface area contributed by atoms with E-state index in [1.165, 1.54) is 4.90 Å². The molecule has 0 fully saturated rings. The maximum absolute atomic E-state index is 12.3. The van der Waals surface area contributed by atoms with Crippen LogP contribution in [0.2, 0.25) is 10.0 Å². The number of hydrogen-bond donors (Lipinski definition) is 0.